The average molecular weight is 353 g/mol. The first-order valence-corrected chi connectivity index (χ1v) is 9.18. The van der Waals surface area contributed by atoms with E-state index in [9.17, 15) is 0 Å². The highest BCUT2D eigenvalue weighted by Gasteiger charge is 2.21. The third kappa shape index (κ3) is 4.46. The van der Waals surface area contributed by atoms with Gasteiger partial charge in [0.1, 0.15) is 0 Å². The molecular formula is C18H29BrN2. The minimum Gasteiger partial charge on any atom is -0.371 e. The second-order valence-electron chi connectivity index (χ2n) is 6.24. The van der Waals surface area contributed by atoms with Gasteiger partial charge in [-0.2, -0.15) is 0 Å². The molecule has 21 heavy (non-hydrogen) atoms. The zero-order chi connectivity index (χ0) is 15.2. The summed E-state index contributed by atoms with van der Waals surface area (Å²) in [6.07, 6.45) is 8.23. The van der Waals surface area contributed by atoms with Crippen molar-refractivity contribution in [1.82, 2.24) is 5.32 Å². The highest BCUT2D eigenvalue weighted by Crippen LogP contribution is 2.33. The summed E-state index contributed by atoms with van der Waals surface area (Å²) in [6.45, 7) is 5.44. The van der Waals surface area contributed by atoms with Gasteiger partial charge in [-0.25, -0.2) is 0 Å². The van der Waals surface area contributed by atoms with Crippen molar-refractivity contribution in [3.63, 3.8) is 0 Å². The maximum absolute atomic E-state index is 3.65. The van der Waals surface area contributed by atoms with Crippen molar-refractivity contribution in [2.24, 2.45) is 0 Å². The molecule has 1 N–H and O–H groups in total. The van der Waals surface area contributed by atoms with Gasteiger partial charge in [0.15, 0.2) is 0 Å². The van der Waals surface area contributed by atoms with Crippen LogP contribution >= 0.6 is 15.9 Å². The van der Waals surface area contributed by atoms with E-state index in [1.165, 1.54) is 54.2 Å². The molecule has 1 aliphatic carbocycles. The Labute approximate surface area is 138 Å². The van der Waals surface area contributed by atoms with E-state index in [0.29, 0.717) is 12.1 Å². The molecule has 3 heteroatoms. The third-order valence-electron chi connectivity index (χ3n) is 4.72. The number of hydrogen-bond donors (Lipinski definition) is 1. The SMILES string of the molecule is CCNC(C)c1ccc(Br)cc1N(C)C1CCCCCC1. The molecule has 1 aromatic rings. The maximum atomic E-state index is 3.65. The molecule has 0 amide bonds. The Kier molecular flexibility index (Phi) is 6.56. The van der Waals surface area contributed by atoms with E-state index in [1.54, 1.807) is 0 Å². The first kappa shape index (κ1) is 16.8. The molecule has 0 aliphatic heterocycles. The van der Waals surface area contributed by atoms with Crippen molar-refractivity contribution in [1.29, 1.82) is 0 Å². The molecule has 1 atom stereocenters. The number of hydrogen-bond acceptors (Lipinski definition) is 2. The van der Waals surface area contributed by atoms with E-state index in [1.807, 2.05) is 0 Å². The van der Waals surface area contributed by atoms with Gasteiger partial charge in [0.25, 0.3) is 0 Å². The molecule has 0 aromatic heterocycles. The Hall–Kier alpha value is -0.540. The number of rotatable bonds is 5. The molecular weight excluding hydrogens is 324 g/mol. The van der Waals surface area contributed by atoms with Crippen LogP contribution in [0.15, 0.2) is 22.7 Å². The van der Waals surface area contributed by atoms with Crippen molar-refractivity contribution in [3.05, 3.63) is 28.2 Å². The summed E-state index contributed by atoms with van der Waals surface area (Å²) in [5.41, 5.74) is 2.79. The van der Waals surface area contributed by atoms with Crippen LogP contribution in [0.4, 0.5) is 5.69 Å². The average Bonchev–Trinajstić information content (AvgIpc) is 2.75. The van der Waals surface area contributed by atoms with Crippen LogP contribution in [0.2, 0.25) is 0 Å². The lowest BCUT2D eigenvalue weighted by Crippen LogP contribution is -2.33. The quantitative estimate of drug-likeness (QED) is 0.725. The number of anilines is 1. The minimum absolute atomic E-state index is 0.395. The molecule has 1 aromatic carbocycles. The van der Waals surface area contributed by atoms with E-state index in [2.05, 4.69) is 65.2 Å². The zero-order valence-electron chi connectivity index (χ0n) is 13.7. The molecule has 0 spiro atoms. The number of halogens is 1. The second-order valence-corrected chi connectivity index (χ2v) is 7.15. The highest BCUT2D eigenvalue weighted by molar-refractivity contribution is 9.10. The molecule has 1 unspecified atom stereocenters. The van der Waals surface area contributed by atoms with Gasteiger partial charge in [-0.05, 0) is 44.0 Å². The van der Waals surface area contributed by atoms with Crippen molar-refractivity contribution >= 4 is 21.6 Å². The van der Waals surface area contributed by atoms with Crippen molar-refractivity contribution in [3.8, 4) is 0 Å². The Bertz CT molecular complexity index is 439. The van der Waals surface area contributed by atoms with Crippen LogP contribution in [-0.2, 0) is 0 Å². The molecule has 0 heterocycles. The predicted molar refractivity (Wildman–Crippen MR) is 96.1 cm³/mol. The van der Waals surface area contributed by atoms with Crippen LogP contribution in [0.1, 0.15) is 64.0 Å². The Morgan fingerprint density at radius 3 is 2.52 bits per heavy atom. The standard InChI is InChI=1S/C18H29BrN2/c1-4-20-14(2)17-12-11-15(19)13-18(17)21(3)16-9-7-5-6-8-10-16/h11-14,16,20H,4-10H2,1-3H3. The van der Waals surface area contributed by atoms with Gasteiger partial charge >= 0.3 is 0 Å². The fourth-order valence-corrected chi connectivity index (χ4v) is 3.80. The van der Waals surface area contributed by atoms with Crippen molar-refractivity contribution in [2.75, 3.05) is 18.5 Å². The fraction of sp³-hybridized carbons (Fsp3) is 0.667. The Balaban J connectivity index is 2.25. The summed E-state index contributed by atoms with van der Waals surface area (Å²) in [6, 6.07) is 7.79. The summed E-state index contributed by atoms with van der Waals surface area (Å²) >= 11 is 3.65. The van der Waals surface area contributed by atoms with Gasteiger partial charge < -0.3 is 10.2 Å². The molecule has 0 bridgehead atoms. The molecule has 1 fully saturated rings. The van der Waals surface area contributed by atoms with Crippen LogP contribution in [-0.4, -0.2) is 19.6 Å². The lowest BCUT2D eigenvalue weighted by Gasteiger charge is -2.32. The number of benzene rings is 1. The molecule has 2 rings (SSSR count). The zero-order valence-corrected chi connectivity index (χ0v) is 15.2. The summed E-state index contributed by atoms with van der Waals surface area (Å²) in [7, 11) is 2.28. The first-order valence-electron chi connectivity index (χ1n) is 8.39. The number of nitrogens with zero attached hydrogens (tertiary/aromatic N) is 1. The van der Waals surface area contributed by atoms with Gasteiger partial charge in [0, 0.05) is 29.3 Å². The Morgan fingerprint density at radius 1 is 1.24 bits per heavy atom. The molecule has 118 valence electrons. The van der Waals surface area contributed by atoms with Gasteiger partial charge in [0.2, 0.25) is 0 Å². The van der Waals surface area contributed by atoms with E-state index in [0.717, 1.165) is 6.54 Å². The summed E-state index contributed by atoms with van der Waals surface area (Å²) < 4.78 is 1.17. The topological polar surface area (TPSA) is 15.3 Å². The van der Waals surface area contributed by atoms with Gasteiger partial charge in [-0.3, -0.25) is 0 Å². The van der Waals surface area contributed by atoms with E-state index < -0.39 is 0 Å². The summed E-state index contributed by atoms with van der Waals surface area (Å²) in [5, 5.41) is 3.55. The van der Waals surface area contributed by atoms with Crippen LogP contribution in [0.5, 0.6) is 0 Å². The second kappa shape index (κ2) is 8.19. The smallest absolute Gasteiger partial charge is 0.0425 e. The van der Waals surface area contributed by atoms with Crippen LogP contribution in [0, 0.1) is 0 Å². The summed E-state index contributed by atoms with van der Waals surface area (Å²) in [4.78, 5) is 2.53. The Morgan fingerprint density at radius 2 is 1.90 bits per heavy atom. The predicted octanol–water partition coefficient (Wildman–Crippen LogP) is 5.28. The molecule has 0 radical (unpaired) electrons. The largest absolute Gasteiger partial charge is 0.371 e. The van der Waals surface area contributed by atoms with Gasteiger partial charge in [-0.1, -0.05) is 54.6 Å². The molecule has 1 aliphatic rings. The third-order valence-corrected chi connectivity index (χ3v) is 5.21. The normalized spacial score (nSPS) is 18.3. The van der Waals surface area contributed by atoms with Crippen molar-refractivity contribution in [2.45, 2.75) is 64.5 Å². The van der Waals surface area contributed by atoms with E-state index in [4.69, 9.17) is 0 Å². The lowest BCUT2D eigenvalue weighted by atomic mass is 10.0. The van der Waals surface area contributed by atoms with Crippen LogP contribution < -0.4 is 10.2 Å². The fourth-order valence-electron chi connectivity index (χ4n) is 3.45. The van der Waals surface area contributed by atoms with Crippen molar-refractivity contribution < 1.29 is 0 Å². The van der Waals surface area contributed by atoms with E-state index in [-0.39, 0.29) is 0 Å². The highest BCUT2D eigenvalue weighted by atomic mass is 79.9. The monoisotopic (exact) mass is 352 g/mol. The minimum atomic E-state index is 0.395. The summed E-state index contributed by atoms with van der Waals surface area (Å²) in [5.74, 6) is 0. The lowest BCUT2D eigenvalue weighted by molar-refractivity contribution is 0.544. The van der Waals surface area contributed by atoms with Gasteiger partial charge in [0.05, 0.1) is 0 Å². The molecule has 1 saturated carbocycles. The molecule has 0 saturated heterocycles. The van der Waals surface area contributed by atoms with Crippen LogP contribution in [0.25, 0.3) is 0 Å². The maximum Gasteiger partial charge on any atom is 0.0425 e. The molecule has 2 nitrogen and oxygen atoms in total. The first-order chi connectivity index (χ1) is 10.1. The number of nitrogens with one attached hydrogen (secondary N) is 1. The van der Waals surface area contributed by atoms with E-state index >= 15 is 0 Å². The van der Waals surface area contributed by atoms with Gasteiger partial charge in [-0.15, -0.1) is 0 Å². The van der Waals surface area contributed by atoms with Crippen LogP contribution in [0.3, 0.4) is 0 Å².